The van der Waals surface area contributed by atoms with Crippen LogP contribution in [0.2, 0.25) is 0 Å². The summed E-state index contributed by atoms with van der Waals surface area (Å²) < 4.78 is 5.26. The molecule has 5 heteroatoms. The average molecular weight is 224 g/mol. The van der Waals surface area contributed by atoms with Crippen LogP contribution in [0.25, 0.3) is 0 Å². The summed E-state index contributed by atoms with van der Waals surface area (Å²) in [4.78, 5) is 0. The number of rotatable bonds is 1. The molecule has 0 aromatic carbocycles. The van der Waals surface area contributed by atoms with Crippen molar-refractivity contribution in [1.29, 1.82) is 0 Å². The van der Waals surface area contributed by atoms with E-state index in [-0.39, 0.29) is 12.1 Å². The maximum absolute atomic E-state index is 10.1. The highest BCUT2D eigenvalue weighted by atomic mass is 16.6. The summed E-state index contributed by atoms with van der Waals surface area (Å²) in [5, 5.41) is 22.7. The van der Waals surface area contributed by atoms with E-state index in [1.165, 1.54) is 10.1 Å². The van der Waals surface area contributed by atoms with E-state index in [9.17, 15) is 10.4 Å². The van der Waals surface area contributed by atoms with Gasteiger partial charge in [-0.15, -0.1) is 0 Å². The lowest BCUT2D eigenvalue weighted by molar-refractivity contribution is -0.216. The molecule has 2 aliphatic rings. The van der Waals surface area contributed by atoms with Gasteiger partial charge in [0.2, 0.25) is 0 Å². The largest absolute Gasteiger partial charge is 0.466 e. The average Bonchev–Trinajstić information content (AvgIpc) is 2.89. The molecule has 1 aliphatic carbocycles. The van der Waals surface area contributed by atoms with E-state index in [0.29, 0.717) is 5.76 Å². The molecule has 3 rings (SSSR count). The molecule has 2 fully saturated rings. The zero-order valence-corrected chi connectivity index (χ0v) is 8.99. The first-order valence-corrected chi connectivity index (χ1v) is 5.77. The highest BCUT2D eigenvalue weighted by Crippen LogP contribution is 2.40. The van der Waals surface area contributed by atoms with Gasteiger partial charge in [0.1, 0.15) is 5.76 Å². The maximum Gasteiger partial charge on any atom is 0.168 e. The molecule has 16 heavy (non-hydrogen) atoms. The molecule has 2 atom stereocenters. The van der Waals surface area contributed by atoms with Crippen molar-refractivity contribution in [1.82, 2.24) is 10.1 Å². The molecule has 0 radical (unpaired) electrons. The Morgan fingerprint density at radius 3 is 2.25 bits per heavy atom. The maximum atomic E-state index is 10.1. The summed E-state index contributed by atoms with van der Waals surface area (Å²) in [6, 6.07) is 3.58. The van der Waals surface area contributed by atoms with Gasteiger partial charge in [0.15, 0.2) is 6.17 Å². The number of furan rings is 1. The second-order valence-corrected chi connectivity index (χ2v) is 4.57. The van der Waals surface area contributed by atoms with Crippen LogP contribution in [-0.4, -0.2) is 32.6 Å². The third-order valence-electron chi connectivity index (χ3n) is 3.67. The molecule has 2 N–H and O–H groups in total. The van der Waals surface area contributed by atoms with Crippen molar-refractivity contribution in [2.45, 2.75) is 43.9 Å². The lowest BCUT2D eigenvalue weighted by Crippen LogP contribution is -2.37. The zero-order valence-electron chi connectivity index (χ0n) is 8.99. The second kappa shape index (κ2) is 3.85. The molecule has 1 saturated heterocycles. The van der Waals surface area contributed by atoms with E-state index in [0.717, 1.165) is 25.7 Å². The Morgan fingerprint density at radius 2 is 1.75 bits per heavy atom. The van der Waals surface area contributed by atoms with Gasteiger partial charge in [0.05, 0.1) is 18.3 Å². The van der Waals surface area contributed by atoms with Gasteiger partial charge in [0, 0.05) is 0 Å². The highest BCUT2D eigenvalue weighted by molar-refractivity contribution is 5.08. The Bertz CT molecular complexity index is 336. The third kappa shape index (κ3) is 1.40. The monoisotopic (exact) mass is 224 g/mol. The third-order valence-corrected chi connectivity index (χ3v) is 3.67. The van der Waals surface area contributed by atoms with Crippen LogP contribution in [0.1, 0.15) is 37.6 Å². The molecular weight excluding hydrogens is 208 g/mol. The molecule has 0 amide bonds. The molecule has 0 unspecified atom stereocenters. The fraction of sp³-hybridized carbons (Fsp3) is 0.636. The van der Waals surface area contributed by atoms with Crippen molar-refractivity contribution in [3.05, 3.63) is 24.2 Å². The summed E-state index contributed by atoms with van der Waals surface area (Å²) >= 11 is 0. The Kier molecular flexibility index (Phi) is 2.48. The number of fused-ring (bicyclic) bond motifs is 1. The normalized spacial score (nSPS) is 33.1. The first kappa shape index (κ1) is 10.3. The summed E-state index contributed by atoms with van der Waals surface area (Å²) in [6.07, 6.45) is 5.07. The molecule has 88 valence electrons. The minimum Gasteiger partial charge on any atom is -0.466 e. The van der Waals surface area contributed by atoms with Gasteiger partial charge in [-0.1, -0.05) is 12.8 Å². The summed E-state index contributed by atoms with van der Waals surface area (Å²) in [6.45, 7) is 0. The van der Waals surface area contributed by atoms with Gasteiger partial charge < -0.3 is 14.8 Å². The molecule has 2 heterocycles. The zero-order chi connectivity index (χ0) is 11.1. The molecule has 0 bridgehead atoms. The molecule has 0 spiro atoms. The minimum atomic E-state index is -0.553. The molecule has 1 aromatic rings. The number of nitrogens with zero attached hydrogens (tertiary/aromatic N) is 2. The molecule has 1 aliphatic heterocycles. The van der Waals surface area contributed by atoms with Crippen LogP contribution in [0, 0.1) is 0 Å². The van der Waals surface area contributed by atoms with Gasteiger partial charge >= 0.3 is 0 Å². The quantitative estimate of drug-likeness (QED) is 0.763. The van der Waals surface area contributed by atoms with Crippen LogP contribution in [0.15, 0.2) is 22.8 Å². The first-order valence-electron chi connectivity index (χ1n) is 5.77. The Morgan fingerprint density at radius 1 is 1.12 bits per heavy atom. The van der Waals surface area contributed by atoms with Crippen LogP contribution in [0.4, 0.5) is 0 Å². The Hall–Kier alpha value is -0.880. The predicted molar refractivity (Wildman–Crippen MR) is 54.7 cm³/mol. The van der Waals surface area contributed by atoms with Crippen molar-refractivity contribution >= 4 is 0 Å². The van der Waals surface area contributed by atoms with E-state index in [2.05, 4.69) is 0 Å². The van der Waals surface area contributed by atoms with Gasteiger partial charge in [-0.05, 0) is 25.0 Å². The van der Waals surface area contributed by atoms with Crippen LogP contribution >= 0.6 is 0 Å². The fourth-order valence-electron chi connectivity index (χ4n) is 2.89. The van der Waals surface area contributed by atoms with Crippen molar-refractivity contribution in [2.75, 3.05) is 0 Å². The fourth-order valence-corrected chi connectivity index (χ4v) is 2.89. The minimum absolute atomic E-state index is 0.0221. The van der Waals surface area contributed by atoms with E-state index < -0.39 is 6.17 Å². The lowest BCUT2D eigenvalue weighted by atomic mass is 9.91. The number of hydrogen-bond acceptors (Lipinski definition) is 5. The molecular formula is C11H16N2O3. The number of hydrogen-bond donors (Lipinski definition) is 2. The van der Waals surface area contributed by atoms with Gasteiger partial charge in [-0.25, -0.2) is 0 Å². The van der Waals surface area contributed by atoms with Crippen molar-refractivity contribution in [3.63, 3.8) is 0 Å². The van der Waals surface area contributed by atoms with Crippen LogP contribution in [0.3, 0.4) is 0 Å². The van der Waals surface area contributed by atoms with Crippen LogP contribution in [-0.2, 0) is 0 Å². The van der Waals surface area contributed by atoms with Gasteiger partial charge in [0.25, 0.3) is 0 Å². The van der Waals surface area contributed by atoms with Gasteiger partial charge in [-0.3, -0.25) is 0 Å². The Labute approximate surface area is 93.8 Å². The van der Waals surface area contributed by atoms with Crippen LogP contribution in [0.5, 0.6) is 0 Å². The molecule has 1 aromatic heterocycles. The summed E-state index contributed by atoms with van der Waals surface area (Å²) in [7, 11) is 0. The molecule has 1 saturated carbocycles. The van der Waals surface area contributed by atoms with Crippen molar-refractivity contribution in [2.24, 2.45) is 0 Å². The number of hydroxylamine groups is 4. The summed E-state index contributed by atoms with van der Waals surface area (Å²) in [5.74, 6) is 0.583. The van der Waals surface area contributed by atoms with Gasteiger partial charge in [-0.2, -0.15) is 10.1 Å². The lowest BCUT2D eigenvalue weighted by Gasteiger charge is -2.27. The van der Waals surface area contributed by atoms with E-state index in [1.807, 2.05) is 0 Å². The van der Waals surface area contributed by atoms with E-state index >= 15 is 0 Å². The predicted octanol–water partition coefficient (Wildman–Crippen LogP) is 1.99. The standard InChI is InChI=1S/C11H16N2O3/c14-12-8-4-1-2-5-9(8)13(15)11(12)10-6-3-7-16-10/h3,6-9,11,14-15H,1-2,4-5H2/t8-,9-/m1/s1. The van der Waals surface area contributed by atoms with E-state index in [1.54, 1.807) is 18.4 Å². The molecule has 5 nitrogen and oxygen atoms in total. The van der Waals surface area contributed by atoms with Crippen molar-refractivity contribution < 1.29 is 14.8 Å². The Balaban J connectivity index is 1.90. The SMILES string of the molecule is ON1C(c2ccco2)N(O)[C@@H]2CCCC[C@H]21. The first-order chi connectivity index (χ1) is 7.79. The highest BCUT2D eigenvalue weighted by Gasteiger charge is 2.49. The summed E-state index contributed by atoms with van der Waals surface area (Å²) in [5.41, 5.74) is 0. The van der Waals surface area contributed by atoms with Crippen LogP contribution < -0.4 is 0 Å². The van der Waals surface area contributed by atoms with E-state index in [4.69, 9.17) is 4.42 Å². The topological polar surface area (TPSA) is 60.1 Å². The smallest absolute Gasteiger partial charge is 0.168 e. The second-order valence-electron chi connectivity index (χ2n) is 4.57. The van der Waals surface area contributed by atoms with Crippen molar-refractivity contribution in [3.8, 4) is 0 Å².